The Balaban J connectivity index is 2.83. The molecule has 0 N–H and O–H groups in total. The number of aliphatic imine (C=N–C) groups is 1. The highest BCUT2D eigenvalue weighted by molar-refractivity contribution is 5.95. The molecule has 0 aromatic carbocycles. The minimum Gasteiger partial charge on any atom is -0.445 e. The van der Waals surface area contributed by atoms with Crippen molar-refractivity contribution in [2.24, 2.45) is 10.4 Å². The number of carbonyl (C=O) groups is 1. The molecule has 104 valence electrons. The molecule has 18 heavy (non-hydrogen) atoms. The molecular formula is C13H24N2O3. The van der Waals surface area contributed by atoms with E-state index in [0.29, 0.717) is 13.2 Å². The highest BCUT2D eigenvalue weighted by Crippen LogP contribution is 2.20. The van der Waals surface area contributed by atoms with E-state index < -0.39 is 6.09 Å². The predicted molar refractivity (Wildman–Crippen MR) is 70.9 cm³/mol. The van der Waals surface area contributed by atoms with Crippen LogP contribution in [0.25, 0.3) is 0 Å². The van der Waals surface area contributed by atoms with Crippen molar-refractivity contribution in [2.75, 3.05) is 26.3 Å². The van der Waals surface area contributed by atoms with E-state index in [1.54, 1.807) is 0 Å². The number of amidine groups is 1. The molecule has 1 aliphatic rings. The van der Waals surface area contributed by atoms with Gasteiger partial charge in [-0.25, -0.2) is 4.79 Å². The summed E-state index contributed by atoms with van der Waals surface area (Å²) in [6.07, 6.45) is -0.659. The van der Waals surface area contributed by atoms with Gasteiger partial charge in [0.15, 0.2) is 0 Å². The first-order valence-electron chi connectivity index (χ1n) is 6.43. The first kappa shape index (κ1) is 15.0. The number of nitrogens with zero attached hydrogens (tertiary/aromatic N) is 2. The van der Waals surface area contributed by atoms with Crippen molar-refractivity contribution in [3.8, 4) is 0 Å². The molecule has 5 nitrogen and oxygen atoms in total. The van der Waals surface area contributed by atoms with Gasteiger partial charge in [0.05, 0.1) is 19.3 Å². The predicted octanol–water partition coefficient (Wildman–Crippen LogP) is 2.31. The smallest absolute Gasteiger partial charge is 0.435 e. The molecule has 0 aliphatic carbocycles. The molecule has 0 saturated carbocycles. The lowest BCUT2D eigenvalue weighted by molar-refractivity contribution is 0.0640. The van der Waals surface area contributed by atoms with Gasteiger partial charge in [-0.1, -0.05) is 20.8 Å². The number of morpholine rings is 1. The molecule has 0 bridgehead atoms. The molecule has 1 rings (SSSR count). The van der Waals surface area contributed by atoms with Crippen molar-refractivity contribution >= 4 is 11.9 Å². The zero-order chi connectivity index (χ0) is 13.8. The number of hydrogen-bond donors (Lipinski definition) is 0. The number of carbonyl (C=O) groups excluding carboxylic acids is 1. The number of hydrogen-bond acceptors (Lipinski definition) is 3. The number of ether oxygens (including phenoxy) is 2. The molecule has 0 atom stereocenters. The quantitative estimate of drug-likeness (QED) is 0.533. The molecule has 0 aromatic heterocycles. The van der Waals surface area contributed by atoms with Crippen molar-refractivity contribution in [2.45, 2.75) is 40.7 Å². The summed E-state index contributed by atoms with van der Waals surface area (Å²) in [4.78, 5) is 17.9. The largest absolute Gasteiger partial charge is 0.445 e. The third kappa shape index (κ3) is 4.64. The van der Waals surface area contributed by atoms with E-state index >= 15 is 0 Å². The van der Waals surface area contributed by atoms with Crippen LogP contribution in [0.2, 0.25) is 0 Å². The van der Waals surface area contributed by atoms with Crippen LogP contribution in [0, 0.1) is 5.41 Å². The van der Waals surface area contributed by atoms with Crippen LogP contribution in [0.15, 0.2) is 4.99 Å². The normalized spacial score (nSPS) is 18.1. The second kappa shape index (κ2) is 6.18. The number of rotatable bonds is 1. The first-order chi connectivity index (χ1) is 8.30. The molecule has 1 saturated heterocycles. The Labute approximate surface area is 109 Å². The minimum atomic E-state index is -0.513. The molecule has 1 fully saturated rings. The summed E-state index contributed by atoms with van der Waals surface area (Å²) in [7, 11) is 0. The van der Waals surface area contributed by atoms with E-state index in [2.05, 4.69) is 9.89 Å². The molecule has 0 radical (unpaired) electrons. The average Bonchev–Trinajstić information content (AvgIpc) is 2.24. The van der Waals surface area contributed by atoms with E-state index in [9.17, 15) is 4.79 Å². The Bertz CT molecular complexity index is 313. The van der Waals surface area contributed by atoms with Crippen LogP contribution in [0.5, 0.6) is 0 Å². The van der Waals surface area contributed by atoms with Crippen LogP contribution in [0.3, 0.4) is 0 Å². The van der Waals surface area contributed by atoms with Crippen LogP contribution in [-0.4, -0.2) is 49.2 Å². The highest BCUT2D eigenvalue weighted by atomic mass is 16.6. The third-order valence-corrected chi connectivity index (χ3v) is 2.52. The zero-order valence-corrected chi connectivity index (χ0v) is 12.0. The fourth-order valence-electron chi connectivity index (χ4n) is 1.80. The van der Waals surface area contributed by atoms with Gasteiger partial charge in [0.1, 0.15) is 5.84 Å². The fourth-order valence-corrected chi connectivity index (χ4v) is 1.80. The van der Waals surface area contributed by atoms with Crippen LogP contribution >= 0.6 is 0 Å². The van der Waals surface area contributed by atoms with Gasteiger partial charge in [0, 0.05) is 18.5 Å². The summed E-state index contributed by atoms with van der Waals surface area (Å²) in [6, 6.07) is 0. The van der Waals surface area contributed by atoms with Gasteiger partial charge < -0.3 is 14.4 Å². The Morgan fingerprint density at radius 3 is 2.28 bits per heavy atom. The van der Waals surface area contributed by atoms with E-state index in [4.69, 9.17) is 9.47 Å². The Morgan fingerprint density at radius 1 is 1.28 bits per heavy atom. The van der Waals surface area contributed by atoms with Gasteiger partial charge in [-0.05, 0) is 13.8 Å². The Kier molecular flexibility index (Phi) is 5.14. The van der Waals surface area contributed by atoms with Gasteiger partial charge in [-0.3, -0.25) is 0 Å². The minimum absolute atomic E-state index is 0.146. The van der Waals surface area contributed by atoms with Gasteiger partial charge in [0.2, 0.25) is 0 Å². The van der Waals surface area contributed by atoms with E-state index in [1.807, 2.05) is 34.6 Å². The molecule has 0 aromatic rings. The van der Waals surface area contributed by atoms with Crippen molar-refractivity contribution in [3.05, 3.63) is 0 Å². The molecule has 0 unspecified atom stereocenters. The second-order valence-corrected chi connectivity index (χ2v) is 5.72. The van der Waals surface area contributed by atoms with Crippen molar-refractivity contribution in [1.29, 1.82) is 0 Å². The topological polar surface area (TPSA) is 51.1 Å². The maximum absolute atomic E-state index is 11.7. The summed E-state index contributed by atoms with van der Waals surface area (Å²) < 4.78 is 10.4. The van der Waals surface area contributed by atoms with Gasteiger partial charge >= 0.3 is 6.09 Å². The van der Waals surface area contributed by atoms with Crippen LogP contribution < -0.4 is 0 Å². The van der Waals surface area contributed by atoms with E-state index in [-0.39, 0.29) is 11.5 Å². The van der Waals surface area contributed by atoms with Crippen molar-refractivity contribution in [1.82, 2.24) is 4.90 Å². The second-order valence-electron chi connectivity index (χ2n) is 5.72. The summed E-state index contributed by atoms with van der Waals surface area (Å²) in [5.74, 6) is 0.774. The van der Waals surface area contributed by atoms with Crippen LogP contribution in [0.4, 0.5) is 4.79 Å². The zero-order valence-electron chi connectivity index (χ0n) is 12.0. The summed E-state index contributed by atoms with van der Waals surface area (Å²) in [5.41, 5.74) is -0.187. The monoisotopic (exact) mass is 256 g/mol. The lowest BCUT2D eigenvalue weighted by atomic mass is 9.93. The summed E-state index contributed by atoms with van der Waals surface area (Å²) in [5, 5.41) is 0. The van der Waals surface area contributed by atoms with Crippen molar-refractivity contribution in [3.63, 3.8) is 0 Å². The Morgan fingerprint density at radius 2 is 1.83 bits per heavy atom. The third-order valence-electron chi connectivity index (χ3n) is 2.52. The molecule has 5 heteroatoms. The van der Waals surface area contributed by atoms with Gasteiger partial charge in [-0.15, -0.1) is 0 Å². The molecular weight excluding hydrogens is 232 g/mol. The van der Waals surface area contributed by atoms with Crippen LogP contribution in [0.1, 0.15) is 34.6 Å². The molecule has 0 spiro atoms. The van der Waals surface area contributed by atoms with Crippen molar-refractivity contribution < 1.29 is 14.3 Å². The van der Waals surface area contributed by atoms with E-state index in [1.165, 1.54) is 0 Å². The van der Waals surface area contributed by atoms with Gasteiger partial charge in [-0.2, -0.15) is 4.99 Å². The van der Waals surface area contributed by atoms with Gasteiger partial charge in [0.25, 0.3) is 0 Å². The first-order valence-corrected chi connectivity index (χ1v) is 6.43. The van der Waals surface area contributed by atoms with Crippen LogP contribution in [-0.2, 0) is 9.47 Å². The SMILES string of the molecule is CC(C)OC(=O)N=C(N1CCOCC1)C(C)(C)C. The maximum atomic E-state index is 11.7. The maximum Gasteiger partial charge on any atom is 0.435 e. The standard InChI is InChI=1S/C13H24N2O3/c1-10(2)18-12(16)14-11(13(3,4)5)15-6-8-17-9-7-15/h10H,6-9H2,1-5H3. The molecule has 1 amide bonds. The lowest BCUT2D eigenvalue weighted by Crippen LogP contribution is -2.46. The summed E-state index contributed by atoms with van der Waals surface area (Å²) >= 11 is 0. The average molecular weight is 256 g/mol. The molecule has 1 heterocycles. The Hall–Kier alpha value is -1.10. The van der Waals surface area contributed by atoms with E-state index in [0.717, 1.165) is 18.9 Å². The fraction of sp³-hybridized carbons (Fsp3) is 0.846. The number of amides is 1. The molecule has 1 aliphatic heterocycles. The highest BCUT2D eigenvalue weighted by Gasteiger charge is 2.27. The summed E-state index contributed by atoms with van der Waals surface area (Å²) in [6.45, 7) is 12.7. The lowest BCUT2D eigenvalue weighted by Gasteiger charge is -2.35.